The van der Waals surface area contributed by atoms with Crippen molar-refractivity contribution >= 4 is 17.7 Å². The van der Waals surface area contributed by atoms with Crippen LogP contribution >= 0.6 is 0 Å². The number of carbonyl (C=O) groups excluding carboxylic acids is 2. The quantitative estimate of drug-likeness (QED) is 0.308. The van der Waals surface area contributed by atoms with Gasteiger partial charge < -0.3 is 14.7 Å². The van der Waals surface area contributed by atoms with E-state index < -0.39 is 28.4 Å². The molecule has 1 unspecified atom stereocenters. The average molecular weight is 549 g/mol. The maximum absolute atomic E-state index is 12.6. The number of esters is 2. The van der Waals surface area contributed by atoms with Gasteiger partial charge in [-0.15, -0.1) is 5.34 Å². The molecule has 4 saturated carbocycles. The number of carbonyl (C=O) groups is 2. The minimum atomic E-state index is -1.26. The van der Waals surface area contributed by atoms with Gasteiger partial charge in [-0.1, -0.05) is 59.0 Å². The van der Waals surface area contributed by atoms with Crippen LogP contribution in [0.4, 0.5) is 0 Å². The van der Waals surface area contributed by atoms with Gasteiger partial charge >= 0.3 is 11.9 Å². The number of hydrogen-bond donors (Lipinski definition) is 2. The number of nitrogens with one attached hydrogen (secondary N) is 1. The first-order valence-corrected chi connectivity index (χ1v) is 15.4. The lowest BCUT2D eigenvalue weighted by Gasteiger charge is -2.64. The molecule has 4 aliphatic rings. The predicted octanol–water partition coefficient (Wildman–Crippen LogP) is 5.46. The molecule has 4 rings (SSSR count). The number of ether oxygens (including phenoxy) is 2. The van der Waals surface area contributed by atoms with Gasteiger partial charge in [0.1, 0.15) is 11.8 Å². The van der Waals surface area contributed by atoms with E-state index in [0.717, 1.165) is 18.8 Å². The van der Waals surface area contributed by atoms with Crippen molar-refractivity contribution in [2.75, 3.05) is 0 Å². The topological polar surface area (TPSA) is 113 Å². The molecular formula is C31H52N2O6. The van der Waals surface area contributed by atoms with Gasteiger partial charge in [-0.2, -0.15) is 5.21 Å². The van der Waals surface area contributed by atoms with Gasteiger partial charge in [0.15, 0.2) is 5.60 Å². The van der Waals surface area contributed by atoms with Gasteiger partial charge in [-0.3, -0.25) is 9.59 Å². The number of hydrogen-bond acceptors (Lipinski definition) is 7. The van der Waals surface area contributed by atoms with E-state index in [9.17, 15) is 20.0 Å². The van der Waals surface area contributed by atoms with Gasteiger partial charge in [0.25, 0.3) is 0 Å². The van der Waals surface area contributed by atoms with Crippen LogP contribution in [0.5, 0.6) is 0 Å². The molecule has 8 nitrogen and oxygen atoms in total. The molecule has 8 heteroatoms. The van der Waals surface area contributed by atoms with Crippen molar-refractivity contribution in [3.8, 4) is 0 Å². The lowest BCUT2D eigenvalue weighted by molar-refractivity contribution is -1.05. The van der Waals surface area contributed by atoms with Crippen molar-refractivity contribution in [3.63, 3.8) is 0 Å². The van der Waals surface area contributed by atoms with Crippen molar-refractivity contribution in [1.29, 1.82) is 0 Å². The van der Waals surface area contributed by atoms with Crippen LogP contribution in [-0.2, 0) is 19.1 Å². The fraction of sp³-hybridized carbons (Fsp3) is 0.903. The third-order valence-corrected chi connectivity index (χ3v) is 11.7. The number of nitrogens with zero attached hydrogens (tertiary/aromatic N) is 1. The molecule has 0 saturated heterocycles. The number of quaternary nitrogens is 1. The summed E-state index contributed by atoms with van der Waals surface area (Å²) in [7, 11) is 0. The van der Waals surface area contributed by atoms with Crippen LogP contribution in [0.3, 0.4) is 0 Å². The highest BCUT2D eigenvalue weighted by Crippen LogP contribution is 2.69. The lowest BCUT2D eigenvalue weighted by Crippen LogP contribution is -3.00. The summed E-state index contributed by atoms with van der Waals surface area (Å²) in [4.78, 5) is 24.4. The van der Waals surface area contributed by atoms with E-state index in [4.69, 9.17) is 9.47 Å². The zero-order valence-electron chi connectivity index (χ0n) is 25.3. The molecule has 0 heterocycles. The van der Waals surface area contributed by atoms with Crippen LogP contribution in [0.1, 0.15) is 119 Å². The smallest absolute Gasteiger partial charge is 0.303 e. The van der Waals surface area contributed by atoms with Crippen molar-refractivity contribution < 1.29 is 29.6 Å². The minimum Gasteiger partial charge on any atom is -0.572 e. The Hall–Kier alpha value is -1.51. The molecule has 0 radical (unpaired) electrons. The molecule has 222 valence electrons. The second-order valence-corrected chi connectivity index (χ2v) is 14.3. The first-order chi connectivity index (χ1) is 18.2. The summed E-state index contributed by atoms with van der Waals surface area (Å²) in [6.07, 6.45) is 10.2. The number of rotatable bonds is 8. The SMILES string of the molecule is CC(=O)O[C@H]1CC[C@]2(C)[C@@H]3CC[C@@]4(C)[C@H](CC[C@H]4[C@H](C)CCCC(C)C)[C@H]3C/C(=N\[NH+]([O-])O)[C@@]2(OC(C)=O)C1. The zero-order valence-corrected chi connectivity index (χ0v) is 25.3. The van der Waals surface area contributed by atoms with Gasteiger partial charge in [0.2, 0.25) is 0 Å². The molecule has 0 aromatic carbocycles. The first-order valence-electron chi connectivity index (χ1n) is 15.4. The first kappa shape index (κ1) is 30.4. The third-order valence-electron chi connectivity index (χ3n) is 11.7. The van der Waals surface area contributed by atoms with E-state index in [1.165, 1.54) is 46.0 Å². The Morgan fingerprint density at radius 2 is 1.77 bits per heavy atom. The molecule has 0 aromatic rings. The Balaban J connectivity index is 1.68. The van der Waals surface area contributed by atoms with Crippen LogP contribution in [0, 0.1) is 51.5 Å². The van der Waals surface area contributed by atoms with Gasteiger partial charge in [-0.25, -0.2) is 0 Å². The monoisotopic (exact) mass is 548 g/mol. The maximum Gasteiger partial charge on any atom is 0.303 e. The van der Waals surface area contributed by atoms with Crippen LogP contribution in [0.25, 0.3) is 0 Å². The van der Waals surface area contributed by atoms with Crippen molar-refractivity contribution in [1.82, 2.24) is 0 Å². The van der Waals surface area contributed by atoms with Gasteiger partial charge in [0, 0.05) is 25.7 Å². The highest BCUT2D eigenvalue weighted by molar-refractivity contribution is 5.96. The highest BCUT2D eigenvalue weighted by Gasteiger charge is 2.69. The van der Waals surface area contributed by atoms with Crippen molar-refractivity contribution in [3.05, 3.63) is 5.21 Å². The summed E-state index contributed by atoms with van der Waals surface area (Å²) in [5.74, 6) is 2.40. The van der Waals surface area contributed by atoms with Gasteiger partial charge in [-0.05, 0) is 85.9 Å². The summed E-state index contributed by atoms with van der Waals surface area (Å²) in [6, 6.07) is 0. The second kappa shape index (κ2) is 11.4. The normalized spacial score (nSPS) is 42.3. The van der Waals surface area contributed by atoms with Crippen LogP contribution < -0.4 is 5.34 Å². The average Bonchev–Trinajstić information content (AvgIpc) is 3.16. The summed E-state index contributed by atoms with van der Waals surface area (Å²) < 4.78 is 11.8. The minimum absolute atomic E-state index is 0.236. The standard InChI is InChI=1S/C31H52N2O6/c1-19(2)9-8-10-20(3)25-11-12-26-24-17-28(32-33(36)37)31(39-22(5)35)18-23(38-21(4)34)13-16-30(31,7)27(24)14-15-29(25,26)6/h19-20,23-27,33,36H,8-18H2,1-7H3/b32-28+/t20-,23+,24-,25+,26-,27-,29-,30-,31+/m1/s1. The Kier molecular flexibility index (Phi) is 8.90. The molecule has 4 fully saturated rings. The molecule has 10 atom stereocenters. The molecular weight excluding hydrogens is 496 g/mol. The molecule has 0 bridgehead atoms. The van der Waals surface area contributed by atoms with Crippen LogP contribution in [0.15, 0.2) is 5.10 Å². The van der Waals surface area contributed by atoms with Crippen LogP contribution in [0.2, 0.25) is 0 Å². The van der Waals surface area contributed by atoms with E-state index in [1.54, 1.807) is 0 Å². The van der Waals surface area contributed by atoms with E-state index in [0.29, 0.717) is 54.6 Å². The summed E-state index contributed by atoms with van der Waals surface area (Å²) in [6.45, 7) is 14.5. The van der Waals surface area contributed by atoms with E-state index in [-0.39, 0.29) is 17.8 Å². The zero-order chi connectivity index (χ0) is 28.8. The molecule has 0 aromatic heterocycles. The molecule has 0 aliphatic heterocycles. The predicted molar refractivity (Wildman–Crippen MR) is 149 cm³/mol. The second-order valence-electron chi connectivity index (χ2n) is 14.3. The van der Waals surface area contributed by atoms with Crippen molar-refractivity contribution in [2.45, 2.75) is 131 Å². The summed E-state index contributed by atoms with van der Waals surface area (Å²) in [5, 5.41) is 24.8. The molecule has 0 amide bonds. The van der Waals surface area contributed by atoms with E-state index in [1.807, 2.05) is 0 Å². The summed E-state index contributed by atoms with van der Waals surface area (Å²) >= 11 is 0. The van der Waals surface area contributed by atoms with Crippen molar-refractivity contribution in [2.24, 2.45) is 51.4 Å². The Morgan fingerprint density at radius 1 is 1.05 bits per heavy atom. The third kappa shape index (κ3) is 5.54. The summed E-state index contributed by atoms with van der Waals surface area (Å²) in [5.41, 5.74) is -0.940. The fourth-order valence-corrected chi connectivity index (χ4v) is 10.1. The Morgan fingerprint density at radius 3 is 2.38 bits per heavy atom. The molecule has 4 aliphatic carbocycles. The molecule has 39 heavy (non-hydrogen) atoms. The maximum atomic E-state index is 12.6. The Bertz CT molecular complexity index is 951. The Labute approximate surface area is 234 Å². The highest BCUT2D eigenvalue weighted by atomic mass is 16.8. The fourth-order valence-electron chi connectivity index (χ4n) is 10.1. The van der Waals surface area contributed by atoms with Crippen LogP contribution in [-0.4, -0.2) is 34.6 Å². The number of fused-ring (bicyclic) bond motifs is 5. The largest absolute Gasteiger partial charge is 0.572 e. The lowest BCUT2D eigenvalue weighted by atomic mass is 9.42. The van der Waals surface area contributed by atoms with Gasteiger partial charge in [0.05, 0.1) is 0 Å². The van der Waals surface area contributed by atoms with E-state index >= 15 is 0 Å². The van der Waals surface area contributed by atoms with E-state index in [2.05, 4.69) is 39.7 Å². The molecule has 0 spiro atoms. The molecule has 2 N–H and O–H groups in total.